The number of carbonyl (C=O) groups excluding carboxylic acids is 1. The first-order valence-corrected chi connectivity index (χ1v) is 6.49. The Balaban J connectivity index is 1.87. The summed E-state index contributed by atoms with van der Waals surface area (Å²) in [6, 6.07) is 10.7. The van der Waals surface area contributed by atoms with Crippen molar-refractivity contribution in [3.05, 3.63) is 59.2 Å². The molecular formula is C16H13NO4. The Bertz CT molecular complexity index is 699. The summed E-state index contributed by atoms with van der Waals surface area (Å²) < 4.78 is 5.35. The van der Waals surface area contributed by atoms with E-state index in [2.05, 4.69) is 4.99 Å². The Hall–Kier alpha value is -2.82. The van der Waals surface area contributed by atoms with Gasteiger partial charge in [-0.25, -0.2) is 4.99 Å². The average molecular weight is 283 g/mol. The van der Waals surface area contributed by atoms with E-state index >= 15 is 0 Å². The van der Waals surface area contributed by atoms with Crippen LogP contribution in [0.25, 0.3) is 0 Å². The van der Waals surface area contributed by atoms with Gasteiger partial charge in [0, 0.05) is 22.8 Å². The SMILES string of the molecule is O=C(c1ccc(C2=NCCO2)cc1)c1cc(O)cc(O)c1. The molecule has 0 radical (unpaired) electrons. The standard InChI is InChI=1S/C16H13NO4/c18-13-7-12(8-14(19)9-13)15(20)10-1-3-11(4-2-10)16-17-5-6-21-16/h1-4,7-9,18-19H,5-6H2. The third kappa shape index (κ3) is 2.72. The lowest BCUT2D eigenvalue weighted by molar-refractivity contribution is 0.103. The van der Waals surface area contributed by atoms with E-state index in [0.717, 1.165) is 5.56 Å². The zero-order chi connectivity index (χ0) is 14.8. The molecule has 0 amide bonds. The summed E-state index contributed by atoms with van der Waals surface area (Å²) in [5, 5.41) is 18.9. The van der Waals surface area contributed by atoms with Gasteiger partial charge in [-0.2, -0.15) is 0 Å². The highest BCUT2D eigenvalue weighted by Crippen LogP contribution is 2.22. The number of carbonyl (C=O) groups is 1. The highest BCUT2D eigenvalue weighted by Gasteiger charge is 2.14. The average Bonchev–Trinajstić information content (AvgIpc) is 3.00. The lowest BCUT2D eigenvalue weighted by Gasteiger charge is -2.05. The molecule has 0 aliphatic carbocycles. The summed E-state index contributed by atoms with van der Waals surface area (Å²) in [5.41, 5.74) is 1.51. The van der Waals surface area contributed by atoms with E-state index in [9.17, 15) is 15.0 Å². The molecule has 2 N–H and O–H groups in total. The van der Waals surface area contributed by atoms with Crippen molar-refractivity contribution in [2.75, 3.05) is 13.2 Å². The molecule has 1 aliphatic rings. The van der Waals surface area contributed by atoms with Gasteiger partial charge in [0.1, 0.15) is 18.1 Å². The van der Waals surface area contributed by atoms with Crippen LogP contribution in [0.1, 0.15) is 21.5 Å². The van der Waals surface area contributed by atoms with E-state index < -0.39 is 0 Å². The summed E-state index contributed by atoms with van der Waals surface area (Å²) >= 11 is 0. The summed E-state index contributed by atoms with van der Waals surface area (Å²) in [5.74, 6) is 0.0124. The molecule has 0 atom stereocenters. The second-order valence-electron chi connectivity index (χ2n) is 4.68. The van der Waals surface area contributed by atoms with Gasteiger partial charge >= 0.3 is 0 Å². The number of rotatable bonds is 3. The number of aliphatic imine (C=N–C) groups is 1. The first kappa shape index (κ1) is 13.2. The number of nitrogens with zero attached hydrogens (tertiary/aromatic N) is 1. The van der Waals surface area contributed by atoms with Crippen molar-refractivity contribution in [1.29, 1.82) is 0 Å². The first-order chi connectivity index (χ1) is 10.1. The van der Waals surface area contributed by atoms with Crippen molar-refractivity contribution in [3.63, 3.8) is 0 Å². The largest absolute Gasteiger partial charge is 0.508 e. The fraction of sp³-hybridized carbons (Fsp3) is 0.125. The van der Waals surface area contributed by atoms with Crippen molar-refractivity contribution in [1.82, 2.24) is 0 Å². The molecular weight excluding hydrogens is 270 g/mol. The number of ketones is 1. The zero-order valence-electron chi connectivity index (χ0n) is 11.1. The molecule has 0 spiro atoms. The van der Waals surface area contributed by atoms with Gasteiger partial charge in [-0.1, -0.05) is 12.1 Å². The molecule has 2 aromatic rings. The highest BCUT2D eigenvalue weighted by atomic mass is 16.5. The maximum atomic E-state index is 12.3. The van der Waals surface area contributed by atoms with Crippen LogP contribution in [-0.4, -0.2) is 35.0 Å². The molecule has 3 rings (SSSR count). The van der Waals surface area contributed by atoms with Crippen molar-refractivity contribution >= 4 is 11.7 Å². The van der Waals surface area contributed by atoms with Crippen molar-refractivity contribution in [2.24, 2.45) is 4.99 Å². The van der Waals surface area contributed by atoms with Gasteiger partial charge in [0.05, 0.1) is 6.54 Å². The molecule has 5 heteroatoms. The molecule has 1 heterocycles. The van der Waals surface area contributed by atoms with E-state index in [-0.39, 0.29) is 22.8 Å². The number of hydrogen-bond acceptors (Lipinski definition) is 5. The molecule has 0 saturated carbocycles. The number of benzene rings is 2. The molecule has 21 heavy (non-hydrogen) atoms. The van der Waals surface area contributed by atoms with E-state index in [1.807, 2.05) is 0 Å². The Morgan fingerprint density at radius 3 is 2.24 bits per heavy atom. The predicted molar refractivity (Wildman–Crippen MR) is 77.0 cm³/mol. The minimum atomic E-state index is -0.276. The van der Waals surface area contributed by atoms with Crippen molar-refractivity contribution in [3.8, 4) is 11.5 Å². The van der Waals surface area contributed by atoms with Crippen LogP contribution in [0.2, 0.25) is 0 Å². The second kappa shape index (κ2) is 5.28. The number of ether oxygens (including phenoxy) is 1. The smallest absolute Gasteiger partial charge is 0.216 e. The molecule has 0 aromatic heterocycles. The van der Waals surface area contributed by atoms with Gasteiger partial charge in [0.2, 0.25) is 5.90 Å². The molecule has 0 unspecified atom stereocenters. The lowest BCUT2D eigenvalue weighted by atomic mass is 10.0. The highest BCUT2D eigenvalue weighted by molar-refractivity contribution is 6.09. The quantitative estimate of drug-likeness (QED) is 0.845. The number of aromatic hydroxyl groups is 2. The van der Waals surface area contributed by atoms with Crippen LogP contribution in [0.3, 0.4) is 0 Å². The fourth-order valence-corrected chi connectivity index (χ4v) is 2.17. The van der Waals surface area contributed by atoms with E-state index in [1.54, 1.807) is 24.3 Å². The predicted octanol–water partition coefficient (Wildman–Crippen LogP) is 2.11. The van der Waals surface area contributed by atoms with Crippen LogP contribution in [0, 0.1) is 0 Å². The second-order valence-corrected chi connectivity index (χ2v) is 4.68. The number of phenols is 2. The molecule has 1 aliphatic heterocycles. The molecule has 0 bridgehead atoms. The first-order valence-electron chi connectivity index (χ1n) is 6.49. The molecule has 0 fully saturated rings. The number of hydrogen-bond donors (Lipinski definition) is 2. The summed E-state index contributed by atoms with van der Waals surface area (Å²) in [6.45, 7) is 1.23. The maximum absolute atomic E-state index is 12.3. The Kier molecular flexibility index (Phi) is 3.31. The number of phenolic OH excluding ortho intramolecular Hbond substituents is 2. The Morgan fingerprint density at radius 2 is 1.67 bits per heavy atom. The van der Waals surface area contributed by atoms with Crippen LogP contribution < -0.4 is 0 Å². The van der Waals surface area contributed by atoms with Gasteiger partial charge in [-0.3, -0.25) is 4.79 Å². The monoisotopic (exact) mass is 283 g/mol. The summed E-state index contributed by atoms with van der Waals surface area (Å²) in [7, 11) is 0. The summed E-state index contributed by atoms with van der Waals surface area (Å²) in [4.78, 5) is 16.5. The van der Waals surface area contributed by atoms with Crippen molar-refractivity contribution < 1.29 is 19.7 Å². The minimum absolute atomic E-state index is 0.149. The van der Waals surface area contributed by atoms with Crippen LogP contribution >= 0.6 is 0 Å². The summed E-state index contributed by atoms with van der Waals surface area (Å²) in [6.07, 6.45) is 0. The minimum Gasteiger partial charge on any atom is -0.508 e. The third-order valence-corrected chi connectivity index (χ3v) is 3.14. The zero-order valence-corrected chi connectivity index (χ0v) is 11.1. The van der Waals surface area contributed by atoms with E-state index in [4.69, 9.17) is 4.74 Å². The maximum Gasteiger partial charge on any atom is 0.216 e. The normalized spacial score (nSPS) is 13.6. The van der Waals surface area contributed by atoms with Crippen LogP contribution in [0.5, 0.6) is 11.5 Å². The topological polar surface area (TPSA) is 79.1 Å². The molecule has 106 valence electrons. The van der Waals surface area contributed by atoms with E-state index in [1.165, 1.54) is 18.2 Å². The Morgan fingerprint density at radius 1 is 1.00 bits per heavy atom. The van der Waals surface area contributed by atoms with Gasteiger partial charge in [0.15, 0.2) is 5.78 Å². The van der Waals surface area contributed by atoms with Crippen LogP contribution in [-0.2, 0) is 4.74 Å². The molecule has 2 aromatic carbocycles. The van der Waals surface area contributed by atoms with Crippen LogP contribution in [0.15, 0.2) is 47.5 Å². The third-order valence-electron chi connectivity index (χ3n) is 3.14. The fourth-order valence-electron chi connectivity index (χ4n) is 2.17. The molecule has 0 saturated heterocycles. The lowest BCUT2D eigenvalue weighted by Crippen LogP contribution is -2.04. The molecule has 5 nitrogen and oxygen atoms in total. The Labute approximate surface area is 121 Å². The van der Waals surface area contributed by atoms with E-state index in [0.29, 0.717) is 24.6 Å². The van der Waals surface area contributed by atoms with Gasteiger partial charge in [-0.15, -0.1) is 0 Å². The van der Waals surface area contributed by atoms with Crippen LogP contribution in [0.4, 0.5) is 0 Å². The van der Waals surface area contributed by atoms with Gasteiger partial charge in [-0.05, 0) is 24.3 Å². The van der Waals surface area contributed by atoms with Gasteiger partial charge in [0.25, 0.3) is 0 Å². The van der Waals surface area contributed by atoms with Gasteiger partial charge < -0.3 is 14.9 Å². The van der Waals surface area contributed by atoms with Crippen molar-refractivity contribution in [2.45, 2.75) is 0 Å².